The molecule has 0 bridgehead atoms. The number of rotatable bonds is 7. The molecule has 0 saturated carbocycles. The van der Waals surface area contributed by atoms with Gasteiger partial charge in [-0.05, 0) is 31.4 Å². The first-order valence-corrected chi connectivity index (χ1v) is 7.97. The number of carbonyl (C=O) groups excluding carboxylic acids is 1. The van der Waals surface area contributed by atoms with Gasteiger partial charge >= 0.3 is 0 Å². The van der Waals surface area contributed by atoms with E-state index in [0.29, 0.717) is 19.5 Å². The standard InChI is InChI=1S/C18H25N3O2/c1-13(11-17-14(2)19-20-15(17)3)18(23)21(9-10-22)12-16-7-5-4-6-8-16/h4-8,13,22H,9-12H2,1-3H3,(H,19,20). The molecule has 1 atom stereocenters. The van der Waals surface area contributed by atoms with E-state index in [4.69, 9.17) is 0 Å². The highest BCUT2D eigenvalue weighted by molar-refractivity contribution is 5.79. The van der Waals surface area contributed by atoms with E-state index >= 15 is 0 Å². The van der Waals surface area contributed by atoms with E-state index in [9.17, 15) is 9.90 Å². The number of nitrogens with one attached hydrogen (secondary N) is 1. The Morgan fingerprint density at radius 2 is 2.00 bits per heavy atom. The fraction of sp³-hybridized carbons (Fsp3) is 0.444. The molecule has 2 N–H and O–H groups in total. The van der Waals surface area contributed by atoms with Crippen molar-refractivity contribution in [1.82, 2.24) is 15.1 Å². The van der Waals surface area contributed by atoms with Gasteiger partial charge in [-0.25, -0.2) is 0 Å². The molecule has 2 rings (SSSR count). The Balaban J connectivity index is 2.07. The van der Waals surface area contributed by atoms with Crippen molar-refractivity contribution >= 4 is 5.91 Å². The molecule has 0 aliphatic rings. The van der Waals surface area contributed by atoms with Crippen LogP contribution in [0.15, 0.2) is 30.3 Å². The maximum absolute atomic E-state index is 12.8. The van der Waals surface area contributed by atoms with Crippen LogP contribution in [0.25, 0.3) is 0 Å². The number of carbonyl (C=O) groups is 1. The van der Waals surface area contributed by atoms with Crippen LogP contribution in [0.4, 0.5) is 0 Å². The van der Waals surface area contributed by atoms with Crippen LogP contribution in [0.2, 0.25) is 0 Å². The van der Waals surface area contributed by atoms with E-state index in [2.05, 4.69) is 10.2 Å². The maximum atomic E-state index is 12.8. The number of nitrogens with zero attached hydrogens (tertiary/aromatic N) is 2. The number of aromatic amines is 1. The van der Waals surface area contributed by atoms with Gasteiger partial charge in [0.25, 0.3) is 0 Å². The van der Waals surface area contributed by atoms with Gasteiger partial charge in [0.05, 0.1) is 12.3 Å². The summed E-state index contributed by atoms with van der Waals surface area (Å²) in [6.45, 7) is 6.70. The second-order valence-electron chi connectivity index (χ2n) is 5.99. The molecule has 0 spiro atoms. The summed E-state index contributed by atoms with van der Waals surface area (Å²) in [5.41, 5.74) is 4.13. The highest BCUT2D eigenvalue weighted by Gasteiger charge is 2.22. The number of benzene rings is 1. The normalized spacial score (nSPS) is 12.2. The van der Waals surface area contributed by atoms with Crippen LogP contribution in [0.1, 0.15) is 29.4 Å². The van der Waals surface area contributed by atoms with Crippen molar-refractivity contribution in [3.05, 3.63) is 52.8 Å². The van der Waals surface area contributed by atoms with Gasteiger partial charge in [0.15, 0.2) is 0 Å². The summed E-state index contributed by atoms with van der Waals surface area (Å²) in [6, 6.07) is 9.85. The van der Waals surface area contributed by atoms with Crippen LogP contribution in [0.5, 0.6) is 0 Å². The monoisotopic (exact) mass is 315 g/mol. The first-order valence-electron chi connectivity index (χ1n) is 7.97. The van der Waals surface area contributed by atoms with Crippen LogP contribution >= 0.6 is 0 Å². The Morgan fingerprint density at radius 3 is 2.57 bits per heavy atom. The first kappa shape index (κ1) is 17.2. The minimum atomic E-state index is -0.153. The number of hydrogen-bond acceptors (Lipinski definition) is 3. The zero-order valence-electron chi connectivity index (χ0n) is 14.0. The molecule has 1 aromatic carbocycles. The summed E-state index contributed by atoms with van der Waals surface area (Å²) < 4.78 is 0. The van der Waals surface area contributed by atoms with E-state index in [0.717, 1.165) is 22.5 Å². The molecule has 1 heterocycles. The molecule has 0 aliphatic carbocycles. The summed E-state index contributed by atoms with van der Waals surface area (Å²) in [5, 5.41) is 16.4. The molecule has 5 heteroatoms. The Labute approximate surface area is 137 Å². The van der Waals surface area contributed by atoms with E-state index in [1.165, 1.54) is 0 Å². The number of aliphatic hydroxyl groups is 1. The Kier molecular flexibility index (Phi) is 5.93. The number of H-pyrrole nitrogens is 1. The zero-order valence-corrected chi connectivity index (χ0v) is 14.0. The molecule has 0 saturated heterocycles. The van der Waals surface area contributed by atoms with Crippen molar-refractivity contribution in [2.45, 2.75) is 33.7 Å². The summed E-state index contributed by atoms with van der Waals surface area (Å²) in [6.07, 6.45) is 0.656. The number of amides is 1. The molecule has 0 aliphatic heterocycles. The van der Waals surface area contributed by atoms with E-state index in [-0.39, 0.29) is 18.4 Å². The molecular weight excluding hydrogens is 290 g/mol. The topological polar surface area (TPSA) is 69.2 Å². The SMILES string of the molecule is Cc1n[nH]c(C)c1CC(C)C(=O)N(CCO)Cc1ccccc1. The lowest BCUT2D eigenvalue weighted by atomic mass is 9.98. The van der Waals surface area contributed by atoms with Crippen molar-refractivity contribution in [3.63, 3.8) is 0 Å². The van der Waals surface area contributed by atoms with Gasteiger partial charge in [-0.3, -0.25) is 9.89 Å². The van der Waals surface area contributed by atoms with E-state index < -0.39 is 0 Å². The molecule has 1 aromatic heterocycles. The van der Waals surface area contributed by atoms with Crippen molar-refractivity contribution in [2.24, 2.45) is 5.92 Å². The lowest BCUT2D eigenvalue weighted by molar-refractivity contribution is -0.136. The number of hydrogen-bond donors (Lipinski definition) is 2. The first-order chi connectivity index (χ1) is 11.0. The number of aliphatic hydroxyl groups excluding tert-OH is 1. The molecule has 1 amide bonds. The number of aryl methyl sites for hydroxylation is 2. The zero-order chi connectivity index (χ0) is 16.8. The van der Waals surface area contributed by atoms with Crippen molar-refractivity contribution in [2.75, 3.05) is 13.2 Å². The van der Waals surface area contributed by atoms with Crippen molar-refractivity contribution < 1.29 is 9.90 Å². The predicted octanol–water partition coefficient (Wildman–Crippen LogP) is 2.23. The third-order valence-electron chi connectivity index (χ3n) is 4.11. The van der Waals surface area contributed by atoms with Gasteiger partial charge in [0.1, 0.15) is 0 Å². The average Bonchev–Trinajstić information content (AvgIpc) is 2.86. The third kappa shape index (κ3) is 4.42. The number of aromatic nitrogens is 2. The average molecular weight is 315 g/mol. The van der Waals surface area contributed by atoms with Crippen LogP contribution in [0.3, 0.4) is 0 Å². The fourth-order valence-electron chi connectivity index (χ4n) is 2.77. The minimum absolute atomic E-state index is 0.0327. The van der Waals surface area contributed by atoms with Gasteiger partial charge in [-0.1, -0.05) is 37.3 Å². The Bertz CT molecular complexity index is 617. The summed E-state index contributed by atoms with van der Waals surface area (Å²) in [5.74, 6) is -0.0943. The van der Waals surface area contributed by atoms with Gasteiger partial charge in [-0.15, -0.1) is 0 Å². The highest BCUT2D eigenvalue weighted by Crippen LogP contribution is 2.18. The van der Waals surface area contributed by atoms with Crippen LogP contribution in [-0.2, 0) is 17.8 Å². The molecule has 1 unspecified atom stereocenters. The van der Waals surface area contributed by atoms with Crippen molar-refractivity contribution in [3.8, 4) is 0 Å². The van der Waals surface area contributed by atoms with Crippen LogP contribution < -0.4 is 0 Å². The smallest absolute Gasteiger partial charge is 0.226 e. The predicted molar refractivity (Wildman–Crippen MR) is 89.9 cm³/mol. The quantitative estimate of drug-likeness (QED) is 0.823. The van der Waals surface area contributed by atoms with Gasteiger partial charge in [0.2, 0.25) is 5.91 Å². The third-order valence-corrected chi connectivity index (χ3v) is 4.11. The molecule has 0 radical (unpaired) electrons. The molecule has 0 fully saturated rings. The highest BCUT2D eigenvalue weighted by atomic mass is 16.3. The largest absolute Gasteiger partial charge is 0.395 e. The van der Waals surface area contributed by atoms with Crippen LogP contribution in [0, 0.1) is 19.8 Å². The molecule has 2 aromatic rings. The fourth-order valence-corrected chi connectivity index (χ4v) is 2.77. The van der Waals surface area contributed by atoms with Gasteiger partial charge in [0, 0.05) is 24.7 Å². The Morgan fingerprint density at radius 1 is 1.30 bits per heavy atom. The molecule has 23 heavy (non-hydrogen) atoms. The van der Waals surface area contributed by atoms with Gasteiger partial charge < -0.3 is 10.0 Å². The second kappa shape index (κ2) is 7.92. The van der Waals surface area contributed by atoms with Crippen LogP contribution in [-0.4, -0.2) is 39.3 Å². The lowest BCUT2D eigenvalue weighted by Crippen LogP contribution is -2.37. The lowest BCUT2D eigenvalue weighted by Gasteiger charge is -2.25. The summed E-state index contributed by atoms with van der Waals surface area (Å²) >= 11 is 0. The molecule has 5 nitrogen and oxygen atoms in total. The molecule has 124 valence electrons. The van der Waals surface area contributed by atoms with E-state index in [1.54, 1.807) is 4.90 Å². The summed E-state index contributed by atoms with van der Waals surface area (Å²) in [4.78, 5) is 14.5. The minimum Gasteiger partial charge on any atom is -0.395 e. The maximum Gasteiger partial charge on any atom is 0.226 e. The van der Waals surface area contributed by atoms with Crippen molar-refractivity contribution in [1.29, 1.82) is 0 Å². The van der Waals surface area contributed by atoms with E-state index in [1.807, 2.05) is 51.1 Å². The second-order valence-corrected chi connectivity index (χ2v) is 5.99. The Hall–Kier alpha value is -2.14. The summed E-state index contributed by atoms with van der Waals surface area (Å²) in [7, 11) is 0. The molecular formula is C18H25N3O2. The van der Waals surface area contributed by atoms with Gasteiger partial charge in [-0.2, -0.15) is 5.10 Å².